The largest absolute Gasteiger partial charge is 0.443 e. The van der Waals surface area contributed by atoms with E-state index in [4.69, 9.17) is 4.74 Å². The molecular formula is C20H22N2O3S. The molecule has 136 valence electrons. The number of ether oxygens (including phenoxy) is 1. The number of fused-ring (bicyclic) bond motifs is 3. The van der Waals surface area contributed by atoms with Gasteiger partial charge in [-0.1, -0.05) is 31.2 Å². The Kier molecular flexibility index (Phi) is 5.85. The molecule has 26 heavy (non-hydrogen) atoms. The molecule has 1 aromatic heterocycles. The van der Waals surface area contributed by atoms with Gasteiger partial charge in [-0.15, -0.1) is 11.3 Å². The summed E-state index contributed by atoms with van der Waals surface area (Å²) in [6, 6.07) is 14.6. The van der Waals surface area contributed by atoms with Gasteiger partial charge in [0.2, 0.25) is 0 Å². The minimum Gasteiger partial charge on any atom is -0.443 e. The Hall–Kier alpha value is -2.44. The fourth-order valence-electron chi connectivity index (χ4n) is 2.95. The number of hydrogen-bond donors (Lipinski definition) is 1. The molecule has 1 unspecified atom stereocenters. The van der Waals surface area contributed by atoms with Crippen molar-refractivity contribution in [3.05, 3.63) is 42.5 Å². The van der Waals surface area contributed by atoms with Gasteiger partial charge in [0.05, 0.1) is 6.54 Å². The molecule has 1 N–H and O–H groups in total. The lowest BCUT2D eigenvalue weighted by molar-refractivity contribution is -0.107. The smallest absolute Gasteiger partial charge is 0.414 e. The van der Waals surface area contributed by atoms with Gasteiger partial charge in [0, 0.05) is 38.8 Å². The van der Waals surface area contributed by atoms with Gasteiger partial charge in [-0.25, -0.2) is 4.79 Å². The van der Waals surface area contributed by atoms with E-state index in [1.165, 1.54) is 20.2 Å². The topological polar surface area (TPSA) is 58.6 Å². The number of benzene rings is 2. The predicted molar refractivity (Wildman–Crippen MR) is 107 cm³/mol. The van der Waals surface area contributed by atoms with Crippen molar-refractivity contribution in [1.82, 2.24) is 5.32 Å². The monoisotopic (exact) mass is 370 g/mol. The maximum Gasteiger partial charge on any atom is 0.414 e. The number of cyclic esters (lactones) is 1. The molecule has 6 heteroatoms. The number of rotatable bonds is 4. The van der Waals surface area contributed by atoms with Crippen molar-refractivity contribution >= 4 is 49.6 Å². The van der Waals surface area contributed by atoms with Crippen molar-refractivity contribution < 1.29 is 14.3 Å². The van der Waals surface area contributed by atoms with E-state index in [9.17, 15) is 9.59 Å². The van der Waals surface area contributed by atoms with Crippen LogP contribution in [0.3, 0.4) is 0 Å². The lowest BCUT2D eigenvalue weighted by Gasteiger charge is -2.13. The standard InChI is InChI=1S/C17H16N2O2S.C3H6O/c1-18-9-12-10-19(17(20)21-12)11-6-7-14-13-4-2-3-5-15(13)22-16(14)8-11;1-2-3-4/h2-8,12,18H,9-10H2,1H3;3H,2H2,1H3. The van der Waals surface area contributed by atoms with Crippen LogP contribution in [0, 0.1) is 0 Å². The number of aldehydes is 1. The zero-order valence-corrected chi connectivity index (χ0v) is 15.7. The van der Waals surface area contributed by atoms with Gasteiger partial charge in [-0.3, -0.25) is 4.90 Å². The van der Waals surface area contributed by atoms with Crippen molar-refractivity contribution in [2.45, 2.75) is 19.4 Å². The number of thiophene rings is 1. The van der Waals surface area contributed by atoms with Crippen molar-refractivity contribution in [1.29, 1.82) is 0 Å². The first-order valence-electron chi connectivity index (χ1n) is 8.65. The van der Waals surface area contributed by atoms with Crippen molar-refractivity contribution in [2.75, 3.05) is 25.0 Å². The maximum atomic E-state index is 12.0. The predicted octanol–water partition coefficient (Wildman–Crippen LogP) is 4.19. The Morgan fingerprint density at radius 2 is 1.96 bits per heavy atom. The van der Waals surface area contributed by atoms with Gasteiger partial charge < -0.3 is 14.8 Å². The molecule has 1 aliphatic rings. The van der Waals surface area contributed by atoms with E-state index in [0.29, 0.717) is 19.5 Å². The Morgan fingerprint density at radius 1 is 1.23 bits per heavy atom. The highest BCUT2D eigenvalue weighted by atomic mass is 32.1. The first-order valence-corrected chi connectivity index (χ1v) is 9.47. The fourth-order valence-corrected chi connectivity index (χ4v) is 4.09. The lowest BCUT2D eigenvalue weighted by atomic mass is 10.1. The number of carbonyl (C=O) groups excluding carboxylic acids is 2. The number of nitrogens with zero attached hydrogens (tertiary/aromatic N) is 1. The van der Waals surface area contributed by atoms with E-state index in [1.54, 1.807) is 16.2 Å². The summed E-state index contributed by atoms with van der Waals surface area (Å²) in [4.78, 5) is 22.9. The molecule has 1 fully saturated rings. The summed E-state index contributed by atoms with van der Waals surface area (Å²) in [5.41, 5.74) is 0.905. The Bertz CT molecular complexity index is 922. The molecule has 3 aromatic rings. The van der Waals surface area contributed by atoms with Crippen molar-refractivity contribution in [3.8, 4) is 0 Å². The number of amides is 1. The highest BCUT2D eigenvalue weighted by Gasteiger charge is 2.31. The summed E-state index contributed by atoms with van der Waals surface area (Å²) in [7, 11) is 1.86. The average molecular weight is 370 g/mol. The second-order valence-electron chi connectivity index (χ2n) is 6.03. The summed E-state index contributed by atoms with van der Waals surface area (Å²) in [5.74, 6) is 0. The average Bonchev–Trinajstić information content (AvgIpc) is 3.21. The van der Waals surface area contributed by atoms with E-state index in [1.807, 2.05) is 20.0 Å². The molecule has 1 atom stereocenters. The maximum absolute atomic E-state index is 12.0. The Morgan fingerprint density at radius 3 is 2.69 bits per heavy atom. The van der Waals surface area contributed by atoms with E-state index in [-0.39, 0.29) is 12.2 Å². The van der Waals surface area contributed by atoms with Gasteiger partial charge in [-0.05, 0) is 25.2 Å². The zero-order chi connectivity index (χ0) is 18.5. The molecule has 2 aromatic carbocycles. The third-order valence-electron chi connectivity index (χ3n) is 4.15. The van der Waals surface area contributed by atoms with E-state index in [0.717, 1.165) is 12.0 Å². The van der Waals surface area contributed by atoms with Crippen LogP contribution in [-0.2, 0) is 9.53 Å². The van der Waals surface area contributed by atoms with Crippen LogP contribution in [-0.4, -0.2) is 38.6 Å². The van der Waals surface area contributed by atoms with Crippen molar-refractivity contribution in [3.63, 3.8) is 0 Å². The molecule has 0 saturated carbocycles. The molecule has 1 saturated heterocycles. The fraction of sp³-hybridized carbons (Fsp3) is 0.300. The SMILES string of the molecule is CCC=O.CNCC1CN(c2ccc3c(c2)sc2ccccc23)C(=O)O1. The number of nitrogens with one attached hydrogen (secondary N) is 1. The number of anilines is 1. The highest BCUT2D eigenvalue weighted by Crippen LogP contribution is 2.36. The minimum absolute atomic E-state index is 0.0874. The minimum atomic E-state index is -0.263. The molecule has 1 amide bonds. The second kappa shape index (κ2) is 8.29. The van der Waals surface area contributed by atoms with Crippen LogP contribution < -0.4 is 10.2 Å². The third kappa shape index (κ3) is 3.71. The first kappa shape index (κ1) is 18.4. The molecule has 2 heterocycles. The van der Waals surface area contributed by atoms with Gasteiger partial charge >= 0.3 is 6.09 Å². The van der Waals surface area contributed by atoms with Crippen molar-refractivity contribution in [2.24, 2.45) is 0 Å². The summed E-state index contributed by atoms with van der Waals surface area (Å²) in [5, 5.41) is 5.56. The highest BCUT2D eigenvalue weighted by molar-refractivity contribution is 7.25. The van der Waals surface area contributed by atoms with Gasteiger partial charge in [0.15, 0.2) is 0 Å². The summed E-state index contributed by atoms with van der Waals surface area (Å²) in [6.07, 6.45) is 1.16. The van der Waals surface area contributed by atoms with Crippen LogP contribution in [0.25, 0.3) is 20.2 Å². The quantitative estimate of drug-likeness (QED) is 0.700. The number of likely N-dealkylation sites (N-methyl/N-ethyl adjacent to an activating group) is 1. The zero-order valence-electron chi connectivity index (χ0n) is 14.9. The molecule has 0 bridgehead atoms. The van der Waals surface area contributed by atoms with Crippen LogP contribution in [0.5, 0.6) is 0 Å². The Labute approximate surface area is 156 Å². The van der Waals surface area contributed by atoms with E-state index < -0.39 is 0 Å². The Balaban J connectivity index is 0.000000447. The molecule has 5 nitrogen and oxygen atoms in total. The van der Waals surface area contributed by atoms with Gasteiger partial charge in [0.25, 0.3) is 0 Å². The summed E-state index contributed by atoms with van der Waals surface area (Å²) in [6.45, 7) is 3.08. The lowest BCUT2D eigenvalue weighted by Crippen LogP contribution is -2.28. The summed E-state index contributed by atoms with van der Waals surface area (Å²) >= 11 is 1.76. The van der Waals surface area contributed by atoms with E-state index in [2.05, 4.69) is 41.7 Å². The van der Waals surface area contributed by atoms with Crippen LogP contribution in [0.15, 0.2) is 42.5 Å². The molecular weight excluding hydrogens is 348 g/mol. The molecule has 0 radical (unpaired) electrons. The van der Waals surface area contributed by atoms with E-state index >= 15 is 0 Å². The third-order valence-corrected chi connectivity index (χ3v) is 5.28. The molecule has 0 spiro atoms. The van der Waals surface area contributed by atoms with Gasteiger partial charge in [0.1, 0.15) is 12.4 Å². The molecule has 0 aliphatic carbocycles. The van der Waals surface area contributed by atoms with Crippen LogP contribution in [0.4, 0.5) is 10.5 Å². The van der Waals surface area contributed by atoms with Crippen LogP contribution >= 0.6 is 11.3 Å². The normalized spacial score (nSPS) is 16.5. The second-order valence-corrected chi connectivity index (χ2v) is 7.11. The van der Waals surface area contributed by atoms with Crippen LogP contribution in [0.1, 0.15) is 13.3 Å². The number of carbonyl (C=O) groups is 2. The molecule has 4 rings (SSSR count). The van der Waals surface area contributed by atoms with Crippen LogP contribution in [0.2, 0.25) is 0 Å². The first-order chi connectivity index (χ1) is 12.7. The summed E-state index contributed by atoms with van der Waals surface area (Å²) < 4.78 is 7.84. The van der Waals surface area contributed by atoms with Gasteiger partial charge in [-0.2, -0.15) is 0 Å². The number of hydrogen-bond acceptors (Lipinski definition) is 5. The molecule has 1 aliphatic heterocycles.